The maximum Gasteiger partial charge on any atom is 0.416 e. The van der Waals surface area contributed by atoms with Crippen LogP contribution in [0.4, 0.5) is 13.2 Å². The van der Waals surface area contributed by atoms with Crippen LogP contribution in [0.25, 0.3) is 11.4 Å². The van der Waals surface area contributed by atoms with Crippen LogP contribution in [0.2, 0.25) is 0 Å². The number of alkyl halides is 3. The van der Waals surface area contributed by atoms with E-state index in [0.29, 0.717) is 37.8 Å². The predicted molar refractivity (Wildman–Crippen MR) is 157 cm³/mol. The molecule has 1 spiro atoms. The second-order valence-electron chi connectivity index (χ2n) is 12.5. The Hall–Kier alpha value is -3.83. The molecule has 11 heteroatoms. The molecule has 44 heavy (non-hydrogen) atoms. The molecule has 2 saturated heterocycles. The van der Waals surface area contributed by atoms with Crippen molar-refractivity contribution in [2.75, 3.05) is 32.7 Å². The number of aromatic nitrogens is 2. The van der Waals surface area contributed by atoms with Crippen molar-refractivity contribution in [2.24, 2.45) is 5.41 Å². The van der Waals surface area contributed by atoms with Gasteiger partial charge < -0.3 is 15.3 Å². The van der Waals surface area contributed by atoms with Gasteiger partial charge in [-0.05, 0) is 74.9 Å². The van der Waals surface area contributed by atoms with E-state index < -0.39 is 23.2 Å². The molecule has 2 N–H and O–H groups in total. The van der Waals surface area contributed by atoms with Crippen molar-refractivity contribution in [2.45, 2.75) is 56.3 Å². The van der Waals surface area contributed by atoms with Gasteiger partial charge in [-0.25, -0.2) is 9.97 Å². The van der Waals surface area contributed by atoms with E-state index in [1.807, 2.05) is 24.3 Å². The predicted octanol–water partition coefficient (Wildman–Crippen LogP) is 4.65. The van der Waals surface area contributed by atoms with E-state index in [1.165, 1.54) is 12.1 Å². The fraction of sp³-hybridized carbons (Fsp3) is 0.455. The maximum atomic E-state index is 13.0. The van der Waals surface area contributed by atoms with Crippen LogP contribution >= 0.6 is 0 Å². The molecule has 1 atom stereocenters. The highest BCUT2D eigenvalue weighted by atomic mass is 19.4. The van der Waals surface area contributed by atoms with Crippen LogP contribution in [0, 0.1) is 5.41 Å². The maximum absolute atomic E-state index is 13.0. The number of nitrogens with one attached hydrogen (secondary N) is 1. The number of likely N-dealkylation sites (tertiary alicyclic amines) is 2. The first-order valence-electron chi connectivity index (χ1n) is 15.1. The van der Waals surface area contributed by atoms with Crippen molar-refractivity contribution in [3.8, 4) is 11.4 Å². The Bertz CT molecular complexity index is 1490. The number of carbonyl (C=O) groups is 2. The number of carbonyl (C=O) groups excluding carboxylic acids is 2. The van der Waals surface area contributed by atoms with Gasteiger partial charge in [-0.1, -0.05) is 30.3 Å². The largest absolute Gasteiger partial charge is 0.416 e. The second kappa shape index (κ2) is 11.9. The summed E-state index contributed by atoms with van der Waals surface area (Å²) in [5, 5.41) is 14.0. The summed E-state index contributed by atoms with van der Waals surface area (Å²) in [6.07, 6.45) is 3.87. The molecule has 232 valence electrons. The highest BCUT2D eigenvalue weighted by molar-refractivity contribution is 5.96. The van der Waals surface area contributed by atoms with Crippen LogP contribution < -0.4 is 5.32 Å². The Morgan fingerprint density at radius 1 is 0.932 bits per heavy atom. The summed E-state index contributed by atoms with van der Waals surface area (Å²) < 4.78 is 39.0. The van der Waals surface area contributed by atoms with Crippen molar-refractivity contribution in [1.82, 2.24) is 25.1 Å². The van der Waals surface area contributed by atoms with Gasteiger partial charge in [0, 0.05) is 54.6 Å². The van der Waals surface area contributed by atoms with E-state index >= 15 is 0 Å². The minimum Gasteiger partial charge on any atom is -0.385 e. The molecule has 8 nitrogen and oxygen atoms in total. The molecule has 1 aromatic heterocycles. The SMILES string of the molecule is O=C(NCC(=O)N1CC[C@@]2(CCN([C@H]3CC[C@](O)(c4ccc(-c5ncccn5)cc4)CC3)C2)C1)c1cccc(C(F)(F)F)c1. The van der Waals surface area contributed by atoms with Crippen LogP contribution in [-0.2, 0) is 16.6 Å². The lowest BCUT2D eigenvalue weighted by Gasteiger charge is -2.40. The molecule has 2 aromatic carbocycles. The summed E-state index contributed by atoms with van der Waals surface area (Å²) in [5.41, 5.74) is -0.0626. The molecule has 2 aliphatic heterocycles. The van der Waals surface area contributed by atoms with Crippen molar-refractivity contribution in [3.05, 3.63) is 83.7 Å². The fourth-order valence-corrected chi connectivity index (χ4v) is 7.08. The van der Waals surface area contributed by atoms with E-state index in [9.17, 15) is 27.9 Å². The first-order chi connectivity index (χ1) is 21.0. The van der Waals surface area contributed by atoms with Crippen molar-refractivity contribution in [1.29, 1.82) is 0 Å². The topological polar surface area (TPSA) is 98.7 Å². The number of amides is 2. The van der Waals surface area contributed by atoms with Crippen molar-refractivity contribution >= 4 is 11.8 Å². The number of halogens is 3. The van der Waals surface area contributed by atoms with Gasteiger partial charge in [0.15, 0.2) is 5.82 Å². The third-order valence-corrected chi connectivity index (χ3v) is 9.66. The van der Waals surface area contributed by atoms with Crippen LogP contribution in [0.1, 0.15) is 60.0 Å². The number of hydrogen-bond acceptors (Lipinski definition) is 6. The minimum atomic E-state index is -4.55. The Morgan fingerprint density at radius 2 is 1.64 bits per heavy atom. The van der Waals surface area contributed by atoms with Gasteiger partial charge in [0.25, 0.3) is 5.91 Å². The van der Waals surface area contributed by atoms with Crippen LogP contribution in [0.5, 0.6) is 0 Å². The molecule has 2 amide bonds. The van der Waals surface area contributed by atoms with Gasteiger partial charge >= 0.3 is 6.18 Å². The average Bonchev–Trinajstić information content (AvgIpc) is 3.66. The van der Waals surface area contributed by atoms with Crippen LogP contribution in [0.15, 0.2) is 67.0 Å². The third kappa shape index (κ3) is 6.34. The van der Waals surface area contributed by atoms with E-state index in [-0.39, 0.29) is 23.4 Å². The van der Waals surface area contributed by atoms with Gasteiger partial charge in [0.05, 0.1) is 17.7 Å². The monoisotopic (exact) mass is 607 g/mol. The standard InChI is InChI=1S/C33H36F3N5O3/c34-33(35,36)26-4-1-3-24(19-26)30(43)39-20-28(42)41-18-14-31(22-41)13-17-40(21-31)27-9-11-32(44,12-10-27)25-7-5-23(6-8-25)29-37-15-2-16-38-29/h1-8,15-16,19,27,44H,9-14,17-18,20-22H2,(H,39,43)/t27-,31-,32+/m1/s1. The van der Waals surface area contributed by atoms with Crippen LogP contribution in [-0.4, -0.2) is 75.5 Å². The summed E-state index contributed by atoms with van der Waals surface area (Å²) in [4.78, 5) is 38.2. The van der Waals surface area contributed by atoms with Gasteiger partial charge in [-0.15, -0.1) is 0 Å². The van der Waals surface area contributed by atoms with Crippen LogP contribution in [0.3, 0.4) is 0 Å². The summed E-state index contributed by atoms with van der Waals surface area (Å²) in [6.45, 7) is 2.79. The number of aliphatic hydroxyl groups is 1. The Kier molecular flexibility index (Phi) is 8.19. The zero-order chi connectivity index (χ0) is 31.0. The zero-order valence-electron chi connectivity index (χ0n) is 24.4. The summed E-state index contributed by atoms with van der Waals surface area (Å²) in [7, 11) is 0. The molecule has 1 aliphatic carbocycles. The third-order valence-electron chi connectivity index (χ3n) is 9.66. The molecular formula is C33H36F3N5O3. The molecule has 0 bridgehead atoms. The highest BCUT2D eigenvalue weighted by Gasteiger charge is 2.47. The molecule has 0 unspecified atom stereocenters. The molecule has 3 aliphatic rings. The van der Waals surface area contributed by atoms with Gasteiger partial charge in [-0.3, -0.25) is 14.5 Å². The lowest BCUT2D eigenvalue weighted by Crippen LogP contribution is -2.43. The van der Waals surface area contributed by atoms with E-state index in [4.69, 9.17) is 0 Å². The smallest absolute Gasteiger partial charge is 0.385 e. The van der Waals surface area contributed by atoms with Gasteiger partial charge in [0.2, 0.25) is 5.91 Å². The first-order valence-corrected chi connectivity index (χ1v) is 15.1. The first kappa shape index (κ1) is 30.2. The lowest BCUT2D eigenvalue weighted by atomic mass is 9.77. The molecule has 0 radical (unpaired) electrons. The van der Waals surface area contributed by atoms with E-state index in [2.05, 4.69) is 20.2 Å². The Morgan fingerprint density at radius 3 is 2.34 bits per heavy atom. The molecule has 3 fully saturated rings. The summed E-state index contributed by atoms with van der Waals surface area (Å²) in [5.74, 6) is -0.276. The summed E-state index contributed by atoms with van der Waals surface area (Å²) >= 11 is 0. The average molecular weight is 608 g/mol. The Labute approximate surface area is 254 Å². The quantitative estimate of drug-likeness (QED) is 0.424. The molecule has 6 rings (SSSR count). The van der Waals surface area contributed by atoms with Gasteiger partial charge in [-0.2, -0.15) is 13.2 Å². The number of benzene rings is 2. The molecule has 1 saturated carbocycles. The Balaban J connectivity index is 0.982. The zero-order valence-corrected chi connectivity index (χ0v) is 24.4. The van der Waals surface area contributed by atoms with Gasteiger partial charge in [0.1, 0.15) is 0 Å². The number of hydrogen-bond donors (Lipinski definition) is 2. The molecule has 3 heterocycles. The fourth-order valence-electron chi connectivity index (χ4n) is 7.08. The number of nitrogens with zero attached hydrogens (tertiary/aromatic N) is 4. The lowest BCUT2D eigenvalue weighted by molar-refractivity contribution is -0.137. The second-order valence-corrected chi connectivity index (χ2v) is 12.5. The summed E-state index contributed by atoms with van der Waals surface area (Å²) in [6, 6.07) is 14.2. The van der Waals surface area contributed by atoms with Crippen molar-refractivity contribution < 1.29 is 27.9 Å². The van der Waals surface area contributed by atoms with E-state index in [1.54, 1.807) is 23.4 Å². The minimum absolute atomic E-state index is 0.00377. The van der Waals surface area contributed by atoms with E-state index in [0.717, 1.165) is 62.0 Å². The van der Waals surface area contributed by atoms with Crippen molar-refractivity contribution in [3.63, 3.8) is 0 Å². The normalized spacial score (nSPS) is 25.8. The molecule has 3 aromatic rings. The highest BCUT2D eigenvalue weighted by Crippen LogP contribution is 2.44. The molecular weight excluding hydrogens is 571 g/mol. The number of rotatable bonds is 6.